The molecule has 0 aromatic heterocycles. The maximum atomic E-state index is 11.5. The predicted octanol–water partition coefficient (Wildman–Crippen LogP) is 0.487. The molecule has 0 unspecified atom stereocenters. The first-order chi connectivity index (χ1) is 7.79. The van der Waals surface area contributed by atoms with Crippen molar-refractivity contribution >= 4 is 21.4 Å². The van der Waals surface area contributed by atoms with E-state index in [1.54, 1.807) is 0 Å². The molecular formula is C9H10N2O5S. The molecule has 0 atom stereocenters. The standard InChI is InChI=1S/C9H10N2O5S/c1-2-17(15,16)6-3-4-8(11(13)14)7(5-6)9(10)12/h3-5H,2H2,1H3,(H2,10,12). The summed E-state index contributed by atoms with van der Waals surface area (Å²) in [5, 5.41) is 10.6. The molecule has 2 N–H and O–H groups in total. The molecule has 0 radical (unpaired) electrons. The Morgan fingerprint density at radius 2 is 2.06 bits per heavy atom. The van der Waals surface area contributed by atoms with Gasteiger partial charge in [-0.25, -0.2) is 8.42 Å². The molecule has 0 aliphatic heterocycles. The van der Waals surface area contributed by atoms with Crippen molar-refractivity contribution in [2.45, 2.75) is 11.8 Å². The molecule has 0 bridgehead atoms. The van der Waals surface area contributed by atoms with Crippen molar-refractivity contribution in [2.75, 3.05) is 5.75 Å². The number of nitro groups is 1. The Kier molecular flexibility index (Phi) is 3.47. The Hall–Kier alpha value is -1.96. The minimum atomic E-state index is -3.53. The molecule has 1 aromatic rings. The topological polar surface area (TPSA) is 120 Å². The molecule has 8 heteroatoms. The molecule has 1 rings (SSSR count). The molecule has 0 spiro atoms. The Labute approximate surface area is 97.3 Å². The van der Waals surface area contributed by atoms with E-state index < -0.39 is 31.9 Å². The van der Waals surface area contributed by atoms with Crippen LogP contribution in [0.3, 0.4) is 0 Å². The van der Waals surface area contributed by atoms with Crippen LogP contribution in [-0.4, -0.2) is 25.0 Å². The molecule has 7 nitrogen and oxygen atoms in total. The Bertz CT molecular complexity index is 579. The monoisotopic (exact) mass is 258 g/mol. The SMILES string of the molecule is CCS(=O)(=O)c1ccc([N+](=O)[O-])c(C(N)=O)c1. The van der Waals surface area contributed by atoms with Gasteiger partial charge >= 0.3 is 0 Å². The fourth-order valence-corrected chi connectivity index (χ4v) is 2.14. The number of carbonyl (C=O) groups excluding carboxylic acids is 1. The second-order valence-electron chi connectivity index (χ2n) is 3.20. The van der Waals surface area contributed by atoms with Gasteiger partial charge in [0, 0.05) is 6.07 Å². The van der Waals surface area contributed by atoms with Crippen LogP contribution in [0, 0.1) is 10.1 Å². The van der Waals surface area contributed by atoms with Gasteiger partial charge in [-0.2, -0.15) is 0 Å². The highest BCUT2D eigenvalue weighted by atomic mass is 32.2. The van der Waals surface area contributed by atoms with Crippen LogP contribution in [0.5, 0.6) is 0 Å². The summed E-state index contributed by atoms with van der Waals surface area (Å²) in [6.07, 6.45) is 0. The summed E-state index contributed by atoms with van der Waals surface area (Å²) in [5.74, 6) is -1.20. The molecule has 0 saturated heterocycles. The van der Waals surface area contributed by atoms with Crippen molar-refractivity contribution in [2.24, 2.45) is 5.73 Å². The summed E-state index contributed by atoms with van der Waals surface area (Å²) >= 11 is 0. The number of primary amides is 1. The lowest BCUT2D eigenvalue weighted by molar-refractivity contribution is -0.385. The first-order valence-corrected chi connectivity index (χ1v) is 6.26. The third kappa shape index (κ3) is 2.59. The molecule has 1 aromatic carbocycles. The average molecular weight is 258 g/mol. The van der Waals surface area contributed by atoms with E-state index in [1.807, 2.05) is 0 Å². The fraction of sp³-hybridized carbons (Fsp3) is 0.222. The van der Waals surface area contributed by atoms with Crippen molar-refractivity contribution in [1.82, 2.24) is 0 Å². The number of sulfone groups is 1. The van der Waals surface area contributed by atoms with Gasteiger partial charge in [0.2, 0.25) is 0 Å². The number of benzene rings is 1. The van der Waals surface area contributed by atoms with E-state index in [1.165, 1.54) is 6.92 Å². The summed E-state index contributed by atoms with van der Waals surface area (Å²) in [4.78, 5) is 20.7. The minimum absolute atomic E-state index is 0.153. The molecule has 1 amide bonds. The number of nitro benzene ring substituents is 1. The average Bonchev–Trinajstić information content (AvgIpc) is 2.28. The number of amides is 1. The van der Waals surface area contributed by atoms with E-state index in [9.17, 15) is 23.3 Å². The van der Waals surface area contributed by atoms with Crippen LogP contribution in [0.25, 0.3) is 0 Å². The second kappa shape index (κ2) is 4.50. The van der Waals surface area contributed by atoms with Crippen LogP contribution in [-0.2, 0) is 9.84 Å². The Balaban J connectivity index is 3.49. The van der Waals surface area contributed by atoms with Gasteiger partial charge in [0.15, 0.2) is 9.84 Å². The number of nitrogens with zero attached hydrogens (tertiary/aromatic N) is 1. The summed E-state index contributed by atoms with van der Waals surface area (Å²) in [6.45, 7) is 1.43. The van der Waals surface area contributed by atoms with Gasteiger partial charge < -0.3 is 5.73 Å². The zero-order valence-electron chi connectivity index (χ0n) is 8.91. The van der Waals surface area contributed by atoms with E-state index in [4.69, 9.17) is 5.73 Å². The van der Waals surface area contributed by atoms with Crippen LogP contribution in [0.15, 0.2) is 23.1 Å². The fourth-order valence-electron chi connectivity index (χ4n) is 1.23. The smallest absolute Gasteiger partial charge is 0.282 e. The quantitative estimate of drug-likeness (QED) is 0.622. The van der Waals surface area contributed by atoms with E-state index in [2.05, 4.69) is 0 Å². The highest BCUT2D eigenvalue weighted by Crippen LogP contribution is 2.22. The molecule has 0 aliphatic rings. The van der Waals surface area contributed by atoms with Crippen LogP contribution in [0.1, 0.15) is 17.3 Å². The summed E-state index contributed by atoms with van der Waals surface area (Å²) in [5.41, 5.74) is 4.05. The number of hydrogen-bond acceptors (Lipinski definition) is 5. The van der Waals surface area contributed by atoms with Gasteiger partial charge in [-0.15, -0.1) is 0 Å². The Morgan fingerprint density at radius 3 is 2.47 bits per heavy atom. The van der Waals surface area contributed by atoms with Crippen LogP contribution in [0.2, 0.25) is 0 Å². The first kappa shape index (κ1) is 13.1. The van der Waals surface area contributed by atoms with Gasteiger partial charge in [0.1, 0.15) is 5.56 Å². The molecular weight excluding hydrogens is 248 g/mol. The molecule has 0 aliphatic carbocycles. The lowest BCUT2D eigenvalue weighted by Gasteiger charge is -2.03. The van der Waals surface area contributed by atoms with Crippen LogP contribution >= 0.6 is 0 Å². The normalized spacial score (nSPS) is 11.1. The van der Waals surface area contributed by atoms with Crippen molar-refractivity contribution in [1.29, 1.82) is 0 Å². The largest absolute Gasteiger partial charge is 0.365 e. The van der Waals surface area contributed by atoms with Gasteiger partial charge in [-0.1, -0.05) is 6.92 Å². The molecule has 17 heavy (non-hydrogen) atoms. The van der Waals surface area contributed by atoms with E-state index in [0.717, 1.165) is 18.2 Å². The highest BCUT2D eigenvalue weighted by Gasteiger charge is 2.22. The van der Waals surface area contributed by atoms with Gasteiger partial charge in [0.25, 0.3) is 11.6 Å². The molecule has 0 heterocycles. The third-order valence-corrected chi connectivity index (χ3v) is 3.90. The van der Waals surface area contributed by atoms with Gasteiger partial charge in [0.05, 0.1) is 15.6 Å². The van der Waals surface area contributed by atoms with Crippen molar-refractivity contribution in [3.63, 3.8) is 0 Å². The lowest BCUT2D eigenvalue weighted by atomic mass is 10.2. The van der Waals surface area contributed by atoms with Crippen molar-refractivity contribution < 1.29 is 18.1 Å². The zero-order chi connectivity index (χ0) is 13.2. The van der Waals surface area contributed by atoms with Crippen molar-refractivity contribution in [3.05, 3.63) is 33.9 Å². The maximum Gasteiger partial charge on any atom is 0.282 e. The van der Waals surface area contributed by atoms with Crippen LogP contribution in [0.4, 0.5) is 5.69 Å². The molecule has 92 valence electrons. The van der Waals surface area contributed by atoms with E-state index in [-0.39, 0.29) is 10.6 Å². The predicted molar refractivity (Wildman–Crippen MR) is 59.3 cm³/mol. The third-order valence-electron chi connectivity index (χ3n) is 2.17. The van der Waals surface area contributed by atoms with Crippen LogP contribution < -0.4 is 5.73 Å². The Morgan fingerprint density at radius 1 is 1.47 bits per heavy atom. The number of nitrogens with two attached hydrogens (primary N) is 1. The highest BCUT2D eigenvalue weighted by molar-refractivity contribution is 7.91. The maximum absolute atomic E-state index is 11.5. The van der Waals surface area contributed by atoms with Crippen molar-refractivity contribution in [3.8, 4) is 0 Å². The first-order valence-electron chi connectivity index (χ1n) is 4.60. The summed E-state index contributed by atoms with van der Waals surface area (Å²) in [7, 11) is -3.53. The van der Waals surface area contributed by atoms with Gasteiger partial charge in [-0.05, 0) is 12.1 Å². The number of carbonyl (C=O) groups is 1. The molecule has 0 fully saturated rings. The second-order valence-corrected chi connectivity index (χ2v) is 5.48. The van der Waals surface area contributed by atoms with Gasteiger partial charge in [-0.3, -0.25) is 14.9 Å². The number of hydrogen-bond donors (Lipinski definition) is 1. The summed E-state index contributed by atoms with van der Waals surface area (Å²) < 4.78 is 23.1. The van der Waals surface area contributed by atoms with E-state index >= 15 is 0 Å². The molecule has 0 saturated carbocycles. The lowest BCUT2D eigenvalue weighted by Crippen LogP contribution is -2.15. The van der Waals surface area contributed by atoms with E-state index in [0.29, 0.717) is 0 Å². The summed E-state index contributed by atoms with van der Waals surface area (Å²) in [6, 6.07) is 2.98. The number of rotatable bonds is 4. The zero-order valence-corrected chi connectivity index (χ0v) is 9.73. The minimum Gasteiger partial charge on any atom is -0.365 e.